The predicted octanol–water partition coefficient (Wildman–Crippen LogP) is 2.21. The topological polar surface area (TPSA) is 52.0 Å². The average molecular weight is 309 g/mol. The van der Waals surface area contributed by atoms with E-state index < -0.39 is 16.1 Å². The van der Waals surface area contributed by atoms with Gasteiger partial charge in [0.1, 0.15) is 0 Å². The molecule has 0 saturated heterocycles. The van der Waals surface area contributed by atoms with E-state index in [2.05, 4.69) is 50.5 Å². The average Bonchev–Trinajstić information content (AvgIpc) is 2.43. The number of hydrogen-bond acceptors (Lipinski definition) is 2. The highest BCUT2D eigenvalue weighted by Gasteiger charge is 2.25. The highest BCUT2D eigenvalue weighted by Crippen LogP contribution is 2.14. The molecule has 0 atom stereocenters. The molecule has 0 unspecified atom stereocenters. The molecule has 0 aliphatic heterocycles. The molecule has 1 aromatic rings. The van der Waals surface area contributed by atoms with Crippen molar-refractivity contribution in [1.29, 1.82) is 0 Å². The van der Waals surface area contributed by atoms with Crippen LogP contribution in [0.5, 0.6) is 0 Å². The van der Waals surface area contributed by atoms with Gasteiger partial charge in [-0.3, -0.25) is 0 Å². The van der Waals surface area contributed by atoms with Crippen molar-refractivity contribution in [3.05, 3.63) is 24.3 Å². The lowest BCUT2D eigenvalue weighted by Gasteiger charge is -2.26. The van der Waals surface area contributed by atoms with Gasteiger partial charge in [0.05, 0.1) is 16.1 Å². The van der Waals surface area contributed by atoms with Crippen LogP contribution in [0.4, 0.5) is 0 Å². The van der Waals surface area contributed by atoms with Gasteiger partial charge in [-0.15, -0.1) is 0 Å². The predicted molar refractivity (Wildman–Crippen MR) is 97.6 cm³/mol. The quantitative estimate of drug-likeness (QED) is 0.724. The molecule has 0 heterocycles. The molecule has 1 aromatic carbocycles. The smallest absolute Gasteiger partial charge is 0.0806 e. The van der Waals surface area contributed by atoms with Crippen molar-refractivity contribution in [3.8, 4) is 0 Å². The lowest BCUT2D eigenvalue weighted by molar-refractivity contribution is 0.914. The van der Waals surface area contributed by atoms with Crippen LogP contribution in [0.25, 0.3) is 0 Å². The van der Waals surface area contributed by atoms with Crippen LogP contribution in [0, 0.1) is 0 Å². The Labute approximate surface area is 127 Å². The van der Waals surface area contributed by atoms with E-state index in [1.165, 1.54) is 12.1 Å². The van der Waals surface area contributed by atoms with Gasteiger partial charge >= 0.3 is 0 Å². The SMILES string of the molecule is C[Si](C)(CCCN)c1ccc([Si](C)(C)CCCN)cc1. The van der Waals surface area contributed by atoms with E-state index >= 15 is 0 Å². The number of hydrogen-bond donors (Lipinski definition) is 2. The summed E-state index contributed by atoms with van der Waals surface area (Å²) in [5, 5.41) is 3.14. The molecular weight excluding hydrogens is 276 g/mol. The molecule has 0 radical (unpaired) electrons. The standard InChI is InChI=1S/C16H32N2Si2/c1-19(2,13-5-11-17)15-7-9-16(10-8-15)20(3,4)14-6-12-18/h7-10H,5-6,11-14,17-18H2,1-4H3. The van der Waals surface area contributed by atoms with Crippen molar-refractivity contribution in [3.63, 3.8) is 0 Å². The fraction of sp³-hybridized carbons (Fsp3) is 0.625. The molecule has 0 bridgehead atoms. The minimum Gasteiger partial charge on any atom is -0.330 e. The summed E-state index contributed by atoms with van der Waals surface area (Å²) in [6.45, 7) is 11.4. The first-order valence-corrected chi connectivity index (χ1v) is 14.3. The van der Waals surface area contributed by atoms with Crippen LogP contribution in [-0.4, -0.2) is 29.2 Å². The van der Waals surface area contributed by atoms with E-state index in [0.717, 1.165) is 25.9 Å². The Hall–Kier alpha value is -0.426. The molecule has 114 valence electrons. The molecule has 0 spiro atoms. The minimum absolute atomic E-state index is 0.813. The molecule has 0 aliphatic rings. The zero-order valence-corrected chi connectivity index (χ0v) is 15.7. The first kappa shape index (κ1) is 17.6. The van der Waals surface area contributed by atoms with Crippen LogP contribution in [0.2, 0.25) is 38.3 Å². The molecule has 4 heteroatoms. The highest BCUT2D eigenvalue weighted by atomic mass is 28.3. The Kier molecular flexibility index (Phi) is 6.65. The van der Waals surface area contributed by atoms with Gasteiger partial charge in [-0.05, 0) is 25.9 Å². The summed E-state index contributed by atoms with van der Waals surface area (Å²) in [6, 6.07) is 12.1. The van der Waals surface area contributed by atoms with E-state index in [0.29, 0.717) is 0 Å². The van der Waals surface area contributed by atoms with Crippen molar-refractivity contribution >= 4 is 26.5 Å². The second-order valence-electron chi connectivity index (χ2n) is 7.13. The van der Waals surface area contributed by atoms with Gasteiger partial charge in [0, 0.05) is 0 Å². The maximum atomic E-state index is 5.66. The molecule has 4 N–H and O–H groups in total. The molecular formula is C16H32N2Si2. The summed E-state index contributed by atoms with van der Waals surface area (Å²) in [5.41, 5.74) is 11.3. The second kappa shape index (κ2) is 7.54. The summed E-state index contributed by atoms with van der Waals surface area (Å²) in [4.78, 5) is 0. The van der Waals surface area contributed by atoms with Gasteiger partial charge in [-0.25, -0.2) is 0 Å². The van der Waals surface area contributed by atoms with Crippen molar-refractivity contribution in [2.24, 2.45) is 11.5 Å². The van der Waals surface area contributed by atoms with E-state index in [1.54, 1.807) is 10.4 Å². The normalized spacial score (nSPS) is 12.7. The maximum absolute atomic E-state index is 5.66. The summed E-state index contributed by atoms with van der Waals surface area (Å²) in [7, 11) is -2.58. The first-order valence-electron chi connectivity index (χ1n) is 7.84. The lowest BCUT2D eigenvalue weighted by Crippen LogP contribution is -2.45. The number of rotatable bonds is 8. The Morgan fingerprint density at radius 2 is 1.00 bits per heavy atom. The molecule has 1 rings (SSSR count). The van der Waals surface area contributed by atoms with Crippen molar-refractivity contribution in [1.82, 2.24) is 0 Å². The lowest BCUT2D eigenvalue weighted by atomic mass is 10.4. The summed E-state index contributed by atoms with van der Waals surface area (Å²) >= 11 is 0. The van der Waals surface area contributed by atoms with Gasteiger partial charge in [-0.1, -0.05) is 72.9 Å². The number of benzene rings is 1. The molecule has 2 nitrogen and oxygen atoms in total. The van der Waals surface area contributed by atoms with Crippen LogP contribution in [0.15, 0.2) is 24.3 Å². The highest BCUT2D eigenvalue weighted by molar-refractivity contribution is 6.91. The minimum atomic E-state index is -1.29. The third kappa shape index (κ3) is 4.84. The van der Waals surface area contributed by atoms with Crippen LogP contribution >= 0.6 is 0 Å². The molecule has 0 amide bonds. The zero-order valence-electron chi connectivity index (χ0n) is 13.7. The molecule has 0 aliphatic carbocycles. The van der Waals surface area contributed by atoms with Gasteiger partial charge in [-0.2, -0.15) is 0 Å². The first-order chi connectivity index (χ1) is 9.33. The summed E-state index contributed by atoms with van der Waals surface area (Å²) in [5.74, 6) is 0. The van der Waals surface area contributed by atoms with Crippen molar-refractivity contribution < 1.29 is 0 Å². The second-order valence-corrected chi connectivity index (χ2v) is 16.8. The Bertz CT molecular complexity index is 360. The van der Waals surface area contributed by atoms with Gasteiger partial charge in [0.2, 0.25) is 0 Å². The third-order valence-corrected chi connectivity index (χ3v) is 11.5. The van der Waals surface area contributed by atoms with Crippen LogP contribution < -0.4 is 21.8 Å². The monoisotopic (exact) mass is 308 g/mol. The van der Waals surface area contributed by atoms with Gasteiger partial charge in [0.25, 0.3) is 0 Å². The Balaban J connectivity index is 2.82. The van der Waals surface area contributed by atoms with Crippen molar-refractivity contribution in [2.75, 3.05) is 13.1 Å². The molecule has 0 saturated carbocycles. The summed E-state index contributed by atoms with van der Waals surface area (Å²) in [6.07, 6.45) is 2.30. The molecule has 0 aromatic heterocycles. The van der Waals surface area contributed by atoms with E-state index in [4.69, 9.17) is 11.5 Å². The largest absolute Gasteiger partial charge is 0.330 e. The van der Waals surface area contributed by atoms with E-state index in [-0.39, 0.29) is 0 Å². The fourth-order valence-electron chi connectivity index (χ4n) is 2.75. The molecule has 0 fully saturated rings. The Morgan fingerprint density at radius 3 is 1.25 bits per heavy atom. The van der Waals surface area contributed by atoms with E-state index in [1.807, 2.05) is 0 Å². The van der Waals surface area contributed by atoms with Gasteiger partial charge in [0.15, 0.2) is 0 Å². The zero-order chi connectivity index (χ0) is 15.2. The van der Waals surface area contributed by atoms with Crippen molar-refractivity contribution in [2.45, 2.75) is 51.1 Å². The van der Waals surface area contributed by atoms with Crippen LogP contribution in [0.1, 0.15) is 12.8 Å². The molecule has 20 heavy (non-hydrogen) atoms. The number of nitrogens with two attached hydrogens (primary N) is 2. The fourth-order valence-corrected chi connectivity index (χ4v) is 7.64. The van der Waals surface area contributed by atoms with Crippen LogP contribution in [0.3, 0.4) is 0 Å². The maximum Gasteiger partial charge on any atom is 0.0806 e. The Morgan fingerprint density at radius 1 is 0.700 bits per heavy atom. The third-order valence-electron chi connectivity index (χ3n) is 4.46. The van der Waals surface area contributed by atoms with Crippen LogP contribution in [-0.2, 0) is 0 Å². The van der Waals surface area contributed by atoms with Gasteiger partial charge < -0.3 is 11.5 Å². The summed E-state index contributed by atoms with van der Waals surface area (Å²) < 4.78 is 0. The van der Waals surface area contributed by atoms with E-state index in [9.17, 15) is 0 Å².